The van der Waals surface area contributed by atoms with Crippen molar-refractivity contribution in [2.24, 2.45) is 0 Å². The molecule has 2 N–H and O–H groups in total. The van der Waals surface area contributed by atoms with E-state index in [0.717, 1.165) is 24.2 Å². The average molecular weight is 389 g/mol. The van der Waals surface area contributed by atoms with Crippen LogP contribution in [0, 0.1) is 11.6 Å². The summed E-state index contributed by atoms with van der Waals surface area (Å²) in [7, 11) is 0. The third-order valence-corrected chi connectivity index (χ3v) is 4.42. The van der Waals surface area contributed by atoms with Crippen LogP contribution in [0.2, 0.25) is 0 Å². The molecule has 1 unspecified atom stereocenters. The molecule has 6 nitrogen and oxygen atoms in total. The Morgan fingerprint density at radius 1 is 1.07 bits per heavy atom. The van der Waals surface area contributed by atoms with Crippen LogP contribution in [0.25, 0.3) is 0 Å². The summed E-state index contributed by atoms with van der Waals surface area (Å²) in [6, 6.07) is 12.8. The lowest BCUT2D eigenvalue weighted by molar-refractivity contribution is -0.136. The Bertz CT molecular complexity index is 833. The Balaban J connectivity index is 1.43. The highest BCUT2D eigenvalue weighted by Gasteiger charge is 2.22. The normalized spacial score (nSPS) is 17.1. The summed E-state index contributed by atoms with van der Waals surface area (Å²) in [4.78, 5) is 25.9. The van der Waals surface area contributed by atoms with E-state index in [-0.39, 0.29) is 18.3 Å². The number of hydrogen-bond acceptors (Lipinski definition) is 4. The Morgan fingerprint density at radius 2 is 1.86 bits per heavy atom. The summed E-state index contributed by atoms with van der Waals surface area (Å²) in [5.41, 5.74) is 1.11. The number of nitrogens with one attached hydrogen (secondary N) is 2. The molecule has 0 radical (unpaired) electrons. The average Bonchev–Trinajstić information content (AvgIpc) is 2.71. The van der Waals surface area contributed by atoms with E-state index in [1.165, 1.54) is 6.07 Å². The number of amides is 2. The molecule has 1 aliphatic heterocycles. The second-order valence-electron chi connectivity index (χ2n) is 6.41. The number of halogens is 2. The summed E-state index contributed by atoms with van der Waals surface area (Å²) in [5.74, 6) is -3.90. The molecule has 2 aromatic carbocycles. The minimum Gasteiger partial charge on any atom is -0.371 e. The van der Waals surface area contributed by atoms with E-state index in [4.69, 9.17) is 4.74 Å². The molecular weight excluding hydrogens is 368 g/mol. The third-order valence-electron chi connectivity index (χ3n) is 4.42. The van der Waals surface area contributed by atoms with Crippen LogP contribution in [-0.4, -0.2) is 49.5 Å². The second kappa shape index (κ2) is 9.38. The van der Waals surface area contributed by atoms with Gasteiger partial charge in [-0.05, 0) is 17.7 Å². The molecule has 1 heterocycles. The number of hydrogen-bond donors (Lipinski definition) is 2. The molecule has 8 heteroatoms. The van der Waals surface area contributed by atoms with Crippen molar-refractivity contribution in [3.8, 4) is 0 Å². The van der Waals surface area contributed by atoms with Crippen molar-refractivity contribution in [3.63, 3.8) is 0 Å². The van der Waals surface area contributed by atoms with Crippen molar-refractivity contribution < 1.29 is 23.1 Å². The molecule has 1 aliphatic rings. The zero-order valence-electron chi connectivity index (χ0n) is 15.2. The van der Waals surface area contributed by atoms with Crippen molar-refractivity contribution >= 4 is 17.5 Å². The van der Waals surface area contributed by atoms with Crippen LogP contribution in [0.4, 0.5) is 14.5 Å². The molecule has 148 valence electrons. The SMILES string of the molecule is O=C(NCCN1CCOC(c2ccccc2)C1)C(=O)Nc1ccc(F)c(F)c1. The first-order valence-electron chi connectivity index (χ1n) is 8.96. The van der Waals surface area contributed by atoms with E-state index < -0.39 is 23.4 Å². The molecule has 0 aliphatic carbocycles. The predicted molar refractivity (Wildman–Crippen MR) is 99.6 cm³/mol. The first-order valence-corrected chi connectivity index (χ1v) is 8.96. The Labute approximate surface area is 161 Å². The molecule has 28 heavy (non-hydrogen) atoms. The van der Waals surface area contributed by atoms with Gasteiger partial charge in [-0.1, -0.05) is 30.3 Å². The maximum absolute atomic E-state index is 13.2. The summed E-state index contributed by atoms with van der Waals surface area (Å²) in [6.07, 6.45) is -0.0256. The van der Waals surface area contributed by atoms with E-state index in [1.807, 2.05) is 30.3 Å². The Kier molecular flexibility index (Phi) is 6.67. The zero-order valence-corrected chi connectivity index (χ0v) is 15.2. The van der Waals surface area contributed by atoms with Gasteiger partial charge in [0.25, 0.3) is 0 Å². The first-order chi connectivity index (χ1) is 13.5. The number of ether oxygens (including phenoxy) is 1. The van der Waals surface area contributed by atoms with E-state index in [9.17, 15) is 18.4 Å². The van der Waals surface area contributed by atoms with Crippen LogP contribution in [-0.2, 0) is 14.3 Å². The highest BCUT2D eigenvalue weighted by molar-refractivity contribution is 6.39. The van der Waals surface area contributed by atoms with Crippen LogP contribution >= 0.6 is 0 Å². The smallest absolute Gasteiger partial charge is 0.313 e. The van der Waals surface area contributed by atoms with Crippen molar-refractivity contribution in [3.05, 3.63) is 65.7 Å². The van der Waals surface area contributed by atoms with Gasteiger partial charge in [0, 0.05) is 37.9 Å². The molecule has 0 spiro atoms. The van der Waals surface area contributed by atoms with Crippen LogP contribution in [0.1, 0.15) is 11.7 Å². The van der Waals surface area contributed by atoms with Gasteiger partial charge < -0.3 is 15.4 Å². The fourth-order valence-electron chi connectivity index (χ4n) is 2.94. The lowest BCUT2D eigenvalue weighted by Gasteiger charge is -2.33. The van der Waals surface area contributed by atoms with Gasteiger partial charge in [0.15, 0.2) is 11.6 Å². The van der Waals surface area contributed by atoms with Crippen LogP contribution in [0.3, 0.4) is 0 Å². The third kappa shape index (κ3) is 5.34. The summed E-state index contributed by atoms with van der Waals surface area (Å²) in [5, 5.41) is 4.76. The maximum atomic E-state index is 13.2. The fraction of sp³-hybridized carbons (Fsp3) is 0.300. The largest absolute Gasteiger partial charge is 0.371 e. The number of nitrogens with zero attached hydrogens (tertiary/aromatic N) is 1. The molecule has 1 saturated heterocycles. The van der Waals surface area contributed by atoms with Crippen molar-refractivity contribution in [1.29, 1.82) is 0 Å². The minimum atomic E-state index is -1.10. The van der Waals surface area contributed by atoms with Crippen molar-refractivity contribution in [2.45, 2.75) is 6.10 Å². The summed E-state index contributed by atoms with van der Waals surface area (Å²) < 4.78 is 31.8. The van der Waals surface area contributed by atoms with Gasteiger partial charge in [0.1, 0.15) is 0 Å². The minimum absolute atomic E-state index is 0.0120. The van der Waals surface area contributed by atoms with Crippen LogP contribution in [0.5, 0.6) is 0 Å². The molecular formula is C20H21F2N3O3. The van der Waals surface area contributed by atoms with Gasteiger partial charge in [-0.25, -0.2) is 8.78 Å². The molecule has 1 fully saturated rings. The number of rotatable bonds is 5. The van der Waals surface area contributed by atoms with Gasteiger partial charge in [0.2, 0.25) is 0 Å². The molecule has 1 atom stereocenters. The molecule has 2 amide bonds. The van der Waals surface area contributed by atoms with E-state index in [0.29, 0.717) is 19.7 Å². The van der Waals surface area contributed by atoms with Crippen molar-refractivity contribution in [1.82, 2.24) is 10.2 Å². The lowest BCUT2D eigenvalue weighted by Crippen LogP contribution is -2.44. The second-order valence-corrected chi connectivity index (χ2v) is 6.41. The number of benzene rings is 2. The van der Waals surface area contributed by atoms with Crippen molar-refractivity contribution in [2.75, 3.05) is 38.1 Å². The van der Waals surface area contributed by atoms with Crippen LogP contribution in [0.15, 0.2) is 48.5 Å². The monoisotopic (exact) mass is 389 g/mol. The van der Waals surface area contributed by atoms with Gasteiger partial charge in [-0.15, -0.1) is 0 Å². The number of carbonyl (C=O) groups excluding carboxylic acids is 2. The number of anilines is 1. The molecule has 2 aromatic rings. The van der Waals surface area contributed by atoms with Gasteiger partial charge in [-0.2, -0.15) is 0 Å². The van der Waals surface area contributed by atoms with E-state index in [2.05, 4.69) is 15.5 Å². The van der Waals surface area contributed by atoms with Gasteiger partial charge in [0.05, 0.1) is 12.7 Å². The highest BCUT2D eigenvalue weighted by atomic mass is 19.2. The topological polar surface area (TPSA) is 70.7 Å². The molecule has 3 rings (SSSR count). The fourth-order valence-corrected chi connectivity index (χ4v) is 2.94. The zero-order chi connectivity index (χ0) is 19.9. The predicted octanol–water partition coefficient (Wildman–Crippen LogP) is 2.09. The summed E-state index contributed by atoms with van der Waals surface area (Å²) in [6.45, 7) is 2.87. The number of carbonyl (C=O) groups is 2. The quantitative estimate of drug-likeness (QED) is 0.769. The lowest BCUT2D eigenvalue weighted by atomic mass is 10.1. The Morgan fingerprint density at radius 3 is 2.61 bits per heavy atom. The standard InChI is InChI=1S/C20H21F2N3O3/c21-16-7-6-15(12-17(16)22)24-20(27)19(26)23-8-9-25-10-11-28-18(13-25)14-4-2-1-3-5-14/h1-7,12,18H,8-11,13H2,(H,23,26)(H,24,27). The first kappa shape index (κ1) is 19.9. The van der Waals surface area contributed by atoms with Gasteiger partial charge >= 0.3 is 11.8 Å². The molecule has 0 bridgehead atoms. The van der Waals surface area contributed by atoms with E-state index in [1.54, 1.807) is 0 Å². The van der Waals surface area contributed by atoms with E-state index >= 15 is 0 Å². The molecule has 0 aromatic heterocycles. The van der Waals surface area contributed by atoms with Gasteiger partial charge in [-0.3, -0.25) is 14.5 Å². The number of morpholine rings is 1. The maximum Gasteiger partial charge on any atom is 0.313 e. The highest BCUT2D eigenvalue weighted by Crippen LogP contribution is 2.21. The Hall–Kier alpha value is -2.84. The van der Waals surface area contributed by atoms with Crippen LogP contribution < -0.4 is 10.6 Å². The molecule has 0 saturated carbocycles. The summed E-state index contributed by atoms with van der Waals surface area (Å²) >= 11 is 0.